The number of aryl methyl sites for hydroxylation is 2. The standard InChI is InChI=1S/C21H29N3O5S2/c1-13-6-7-15(10-14(13)2)24-16-11-31(27,28)12-17(16)30-19(24)23-18(25)8-9-22-20(26)29-21(3,4)5/h6-7,10,16-17H,8-9,11-12H2,1-5H3,(H,22,26). The zero-order valence-corrected chi connectivity index (χ0v) is 20.1. The van der Waals surface area contributed by atoms with E-state index in [1.165, 1.54) is 11.8 Å². The van der Waals surface area contributed by atoms with Crippen molar-refractivity contribution in [2.45, 2.75) is 57.9 Å². The highest BCUT2D eigenvalue weighted by Gasteiger charge is 2.49. The van der Waals surface area contributed by atoms with Crippen LogP contribution in [0.1, 0.15) is 38.3 Å². The number of alkyl carbamates (subject to hydrolysis) is 1. The minimum absolute atomic E-state index is 0.0255. The highest BCUT2D eigenvalue weighted by Crippen LogP contribution is 2.41. The molecule has 2 aliphatic rings. The first-order valence-corrected chi connectivity index (χ1v) is 12.9. The number of benzene rings is 1. The van der Waals surface area contributed by atoms with Gasteiger partial charge in [-0.15, -0.1) is 0 Å². The first-order valence-electron chi connectivity index (χ1n) is 10.2. The Bertz CT molecular complexity index is 1010. The number of carbonyl (C=O) groups excluding carboxylic acids is 2. The lowest BCUT2D eigenvalue weighted by Gasteiger charge is -2.25. The van der Waals surface area contributed by atoms with Gasteiger partial charge in [0.05, 0.1) is 17.5 Å². The molecular formula is C21H29N3O5S2. The summed E-state index contributed by atoms with van der Waals surface area (Å²) < 4.78 is 29.5. The first-order chi connectivity index (χ1) is 14.3. The van der Waals surface area contributed by atoms with Crippen LogP contribution in [0.4, 0.5) is 10.5 Å². The van der Waals surface area contributed by atoms with E-state index in [1.54, 1.807) is 20.8 Å². The van der Waals surface area contributed by atoms with E-state index < -0.39 is 21.5 Å². The Balaban J connectivity index is 1.74. The molecule has 0 aliphatic carbocycles. The van der Waals surface area contributed by atoms with Gasteiger partial charge in [-0.2, -0.15) is 4.99 Å². The van der Waals surface area contributed by atoms with E-state index in [4.69, 9.17) is 4.74 Å². The summed E-state index contributed by atoms with van der Waals surface area (Å²) in [5.41, 5.74) is 2.44. The number of hydrogen-bond acceptors (Lipinski definition) is 6. The molecule has 2 atom stereocenters. The van der Waals surface area contributed by atoms with Gasteiger partial charge in [0.15, 0.2) is 15.0 Å². The maximum atomic E-state index is 12.5. The Morgan fingerprint density at radius 3 is 2.58 bits per heavy atom. The number of amides is 2. The van der Waals surface area contributed by atoms with E-state index in [-0.39, 0.29) is 41.7 Å². The number of rotatable bonds is 4. The Morgan fingerprint density at radius 1 is 1.23 bits per heavy atom. The largest absolute Gasteiger partial charge is 0.444 e. The number of nitrogens with zero attached hydrogens (tertiary/aromatic N) is 2. The monoisotopic (exact) mass is 467 g/mol. The van der Waals surface area contributed by atoms with Gasteiger partial charge in [0, 0.05) is 23.9 Å². The third-order valence-corrected chi connectivity index (χ3v) is 8.27. The van der Waals surface area contributed by atoms with Gasteiger partial charge >= 0.3 is 6.09 Å². The molecule has 2 heterocycles. The van der Waals surface area contributed by atoms with Crippen LogP contribution in [0.3, 0.4) is 0 Å². The molecule has 2 saturated heterocycles. The third kappa shape index (κ3) is 6.00. The molecule has 1 aromatic carbocycles. The molecule has 8 nitrogen and oxygen atoms in total. The van der Waals surface area contributed by atoms with Crippen LogP contribution < -0.4 is 10.2 Å². The molecule has 170 valence electrons. The van der Waals surface area contributed by atoms with E-state index in [0.29, 0.717) is 5.17 Å². The number of hydrogen-bond donors (Lipinski definition) is 1. The molecule has 2 amide bonds. The van der Waals surface area contributed by atoms with Crippen LogP contribution >= 0.6 is 11.8 Å². The van der Waals surface area contributed by atoms with Crippen LogP contribution in [0.25, 0.3) is 0 Å². The normalized spacial score (nSPS) is 23.6. The second-order valence-electron chi connectivity index (χ2n) is 8.91. The molecule has 0 bridgehead atoms. The number of nitrogens with one attached hydrogen (secondary N) is 1. The Kier molecular flexibility index (Phi) is 6.71. The first kappa shape index (κ1) is 23.6. The van der Waals surface area contributed by atoms with Crippen LogP contribution in [0, 0.1) is 13.8 Å². The molecule has 2 aliphatic heterocycles. The van der Waals surface area contributed by atoms with Crippen LogP contribution in [-0.2, 0) is 19.4 Å². The van der Waals surface area contributed by atoms with E-state index in [1.807, 2.05) is 36.9 Å². The van der Waals surface area contributed by atoms with Gasteiger partial charge in [-0.25, -0.2) is 13.2 Å². The minimum Gasteiger partial charge on any atom is -0.444 e. The summed E-state index contributed by atoms with van der Waals surface area (Å²) in [4.78, 5) is 30.3. The summed E-state index contributed by atoms with van der Waals surface area (Å²) in [6, 6.07) is 5.66. The second-order valence-corrected chi connectivity index (χ2v) is 12.3. The lowest BCUT2D eigenvalue weighted by Crippen LogP contribution is -2.38. The summed E-state index contributed by atoms with van der Waals surface area (Å²) in [7, 11) is -3.12. The van der Waals surface area contributed by atoms with Crippen LogP contribution in [-0.4, -0.2) is 60.5 Å². The third-order valence-electron chi connectivity index (χ3n) is 5.06. The number of thioether (sulfide) groups is 1. The number of carbonyl (C=O) groups is 2. The second kappa shape index (κ2) is 8.82. The average Bonchev–Trinajstić information content (AvgIpc) is 3.06. The van der Waals surface area contributed by atoms with Crippen LogP contribution in [0.2, 0.25) is 0 Å². The van der Waals surface area contributed by atoms with Crippen molar-refractivity contribution in [3.8, 4) is 0 Å². The topological polar surface area (TPSA) is 105 Å². The Labute approximate surface area is 187 Å². The van der Waals surface area contributed by atoms with Crippen molar-refractivity contribution < 1.29 is 22.7 Å². The summed E-state index contributed by atoms with van der Waals surface area (Å²) in [5, 5.41) is 2.91. The fraction of sp³-hybridized carbons (Fsp3) is 0.571. The van der Waals surface area contributed by atoms with Crippen molar-refractivity contribution in [2.24, 2.45) is 4.99 Å². The smallest absolute Gasteiger partial charge is 0.407 e. The molecule has 0 saturated carbocycles. The van der Waals surface area contributed by atoms with Gasteiger partial charge in [0.25, 0.3) is 0 Å². The van der Waals surface area contributed by atoms with Crippen molar-refractivity contribution in [1.82, 2.24) is 5.32 Å². The Hall–Kier alpha value is -2.07. The Morgan fingerprint density at radius 2 is 1.94 bits per heavy atom. The predicted octanol–water partition coefficient (Wildman–Crippen LogP) is 2.82. The molecule has 31 heavy (non-hydrogen) atoms. The predicted molar refractivity (Wildman–Crippen MR) is 124 cm³/mol. The van der Waals surface area contributed by atoms with E-state index >= 15 is 0 Å². The molecule has 3 rings (SSSR count). The molecule has 1 N–H and O–H groups in total. The van der Waals surface area contributed by atoms with Crippen molar-refractivity contribution >= 4 is 44.5 Å². The highest BCUT2D eigenvalue weighted by atomic mass is 32.2. The van der Waals surface area contributed by atoms with Gasteiger partial charge in [-0.1, -0.05) is 17.8 Å². The number of amidine groups is 1. The van der Waals surface area contributed by atoms with E-state index in [9.17, 15) is 18.0 Å². The quantitative estimate of drug-likeness (QED) is 0.726. The SMILES string of the molecule is Cc1ccc(N2C(=NC(=O)CCNC(=O)OC(C)(C)C)SC3CS(=O)(=O)CC32)cc1C. The molecule has 0 aromatic heterocycles. The summed E-state index contributed by atoms with van der Waals surface area (Å²) in [6.45, 7) is 9.41. The highest BCUT2D eigenvalue weighted by molar-refractivity contribution is 8.16. The number of aliphatic imine (C=N–C) groups is 1. The van der Waals surface area contributed by atoms with Crippen molar-refractivity contribution in [3.63, 3.8) is 0 Å². The maximum absolute atomic E-state index is 12.5. The van der Waals surface area contributed by atoms with E-state index in [2.05, 4.69) is 10.3 Å². The van der Waals surface area contributed by atoms with Gasteiger partial charge in [0.1, 0.15) is 5.60 Å². The number of anilines is 1. The molecular weight excluding hydrogens is 438 g/mol. The molecule has 2 unspecified atom stereocenters. The molecule has 1 aromatic rings. The van der Waals surface area contributed by atoms with Gasteiger partial charge in [-0.05, 0) is 57.9 Å². The van der Waals surface area contributed by atoms with Crippen molar-refractivity contribution in [1.29, 1.82) is 0 Å². The van der Waals surface area contributed by atoms with Gasteiger partial charge in [0.2, 0.25) is 5.91 Å². The number of ether oxygens (including phenoxy) is 1. The fourth-order valence-corrected chi connectivity index (χ4v) is 7.42. The molecule has 0 spiro atoms. The van der Waals surface area contributed by atoms with Crippen LogP contribution in [0.15, 0.2) is 23.2 Å². The molecule has 2 fully saturated rings. The average molecular weight is 468 g/mol. The molecule has 0 radical (unpaired) electrons. The maximum Gasteiger partial charge on any atom is 0.407 e. The number of fused-ring (bicyclic) bond motifs is 1. The zero-order valence-electron chi connectivity index (χ0n) is 18.5. The lowest BCUT2D eigenvalue weighted by molar-refractivity contribution is -0.117. The zero-order chi connectivity index (χ0) is 23.0. The van der Waals surface area contributed by atoms with Crippen molar-refractivity contribution in [3.05, 3.63) is 29.3 Å². The lowest BCUT2D eigenvalue weighted by atomic mass is 10.1. The van der Waals surface area contributed by atoms with Gasteiger partial charge in [-0.3, -0.25) is 4.79 Å². The number of sulfone groups is 1. The van der Waals surface area contributed by atoms with E-state index in [0.717, 1.165) is 16.8 Å². The van der Waals surface area contributed by atoms with Crippen LogP contribution in [0.5, 0.6) is 0 Å². The molecule has 10 heteroatoms. The minimum atomic E-state index is -3.12. The summed E-state index contributed by atoms with van der Waals surface area (Å²) >= 11 is 1.34. The van der Waals surface area contributed by atoms with Gasteiger partial charge < -0.3 is 15.0 Å². The summed E-state index contributed by atoms with van der Waals surface area (Å²) in [6.07, 6.45) is -0.558. The fourth-order valence-electron chi connectivity index (χ4n) is 3.49. The van der Waals surface area contributed by atoms with Crippen molar-refractivity contribution in [2.75, 3.05) is 23.0 Å². The summed E-state index contributed by atoms with van der Waals surface area (Å²) in [5.74, 6) is -0.252.